The van der Waals surface area contributed by atoms with Crippen LogP contribution < -0.4 is 5.32 Å². The van der Waals surface area contributed by atoms with Gasteiger partial charge in [-0.1, -0.05) is 69.7 Å². The number of hydrogen-bond acceptors (Lipinski definition) is 9. The molecule has 0 spiro atoms. The molecule has 0 bridgehead atoms. The largest absolute Gasteiger partial charge is 0.388 e. The van der Waals surface area contributed by atoms with Gasteiger partial charge in [-0.25, -0.2) is 10.1 Å². The van der Waals surface area contributed by atoms with Crippen LogP contribution in [-0.2, 0) is 14.7 Å². The van der Waals surface area contributed by atoms with Gasteiger partial charge in [0.25, 0.3) is 5.91 Å². The predicted molar refractivity (Wildman–Crippen MR) is 105 cm³/mol. The van der Waals surface area contributed by atoms with Crippen LogP contribution in [0.15, 0.2) is 0 Å². The molecule has 29 heavy (non-hydrogen) atoms. The molecule has 0 heterocycles. The zero-order valence-corrected chi connectivity index (χ0v) is 17.3. The highest BCUT2D eigenvalue weighted by atomic mass is 17.5. The zero-order valence-electron chi connectivity index (χ0n) is 17.3. The Morgan fingerprint density at radius 3 is 1.83 bits per heavy atom. The highest BCUT2D eigenvalue weighted by Crippen LogP contribution is 2.11. The number of carbonyl (C=O) groups excluding carboxylic acids is 1. The number of hydrogen-bond donors (Lipinski definition) is 7. The van der Waals surface area contributed by atoms with Crippen molar-refractivity contribution in [2.45, 2.75) is 102 Å². The van der Waals surface area contributed by atoms with Gasteiger partial charge in [0.1, 0.15) is 31.0 Å². The fourth-order valence-electron chi connectivity index (χ4n) is 2.90. The van der Waals surface area contributed by atoms with Crippen molar-refractivity contribution in [2.75, 3.05) is 13.2 Å². The van der Waals surface area contributed by atoms with Gasteiger partial charge < -0.3 is 30.8 Å². The molecule has 5 atom stereocenters. The lowest BCUT2D eigenvalue weighted by Gasteiger charge is -2.28. The van der Waals surface area contributed by atoms with Crippen LogP contribution in [0.4, 0.5) is 0 Å². The van der Waals surface area contributed by atoms with E-state index in [1.807, 2.05) is 0 Å². The Balaban J connectivity index is 3.91. The molecule has 0 aliphatic carbocycles. The Labute approximate surface area is 172 Å². The Morgan fingerprint density at radius 2 is 1.31 bits per heavy atom. The molecule has 10 heteroatoms. The van der Waals surface area contributed by atoms with Gasteiger partial charge in [0.05, 0.1) is 0 Å². The van der Waals surface area contributed by atoms with Gasteiger partial charge in [-0.2, -0.15) is 0 Å². The quantitative estimate of drug-likeness (QED) is 0.0871. The molecule has 0 aromatic rings. The maximum atomic E-state index is 11.9. The van der Waals surface area contributed by atoms with E-state index < -0.39 is 43.0 Å². The van der Waals surface area contributed by atoms with Crippen LogP contribution >= 0.6 is 0 Å². The second-order valence-corrected chi connectivity index (χ2v) is 7.32. The van der Waals surface area contributed by atoms with Crippen LogP contribution in [0.3, 0.4) is 0 Å². The van der Waals surface area contributed by atoms with E-state index in [1.165, 1.54) is 38.5 Å². The summed E-state index contributed by atoms with van der Waals surface area (Å²) in [5, 5.41) is 62.3. The molecule has 1 amide bonds. The minimum atomic E-state index is -2.03. The number of aliphatic hydroxyl groups excluding tert-OH is 5. The number of aliphatic hydroxyl groups is 5. The van der Waals surface area contributed by atoms with E-state index in [1.54, 1.807) is 0 Å². The van der Waals surface area contributed by atoms with Crippen molar-refractivity contribution in [3.8, 4) is 0 Å². The Hall–Kier alpha value is -0.850. The fourth-order valence-corrected chi connectivity index (χ4v) is 2.90. The normalized spacial score (nSPS) is 16.8. The van der Waals surface area contributed by atoms with Gasteiger partial charge in [-0.05, 0) is 6.42 Å². The Morgan fingerprint density at radius 1 is 0.793 bits per heavy atom. The highest BCUT2D eigenvalue weighted by molar-refractivity contribution is 5.81. The Kier molecular flexibility index (Phi) is 17.4. The maximum absolute atomic E-state index is 11.9. The van der Waals surface area contributed by atoms with Crippen molar-refractivity contribution in [1.29, 1.82) is 0 Å². The van der Waals surface area contributed by atoms with Crippen LogP contribution in [0.2, 0.25) is 0 Å². The van der Waals surface area contributed by atoms with Crippen molar-refractivity contribution < 1.29 is 45.5 Å². The van der Waals surface area contributed by atoms with Crippen molar-refractivity contribution in [1.82, 2.24) is 5.32 Å². The van der Waals surface area contributed by atoms with Gasteiger partial charge in [-0.15, -0.1) is 0 Å². The first kappa shape index (κ1) is 28.1. The van der Waals surface area contributed by atoms with E-state index in [2.05, 4.69) is 22.2 Å². The molecule has 7 N–H and O–H groups in total. The lowest BCUT2D eigenvalue weighted by atomic mass is 9.99. The summed E-state index contributed by atoms with van der Waals surface area (Å²) < 4.78 is 0. The molecular formula is C19H39NO9. The van der Waals surface area contributed by atoms with E-state index in [0.717, 1.165) is 25.7 Å². The van der Waals surface area contributed by atoms with Gasteiger partial charge in [0, 0.05) is 6.54 Å². The zero-order chi connectivity index (χ0) is 22.1. The van der Waals surface area contributed by atoms with Gasteiger partial charge in [0.15, 0.2) is 6.10 Å². The molecule has 0 fully saturated rings. The molecule has 0 rings (SSSR count). The molecule has 174 valence electrons. The minimum absolute atomic E-state index is 0.321. The second-order valence-electron chi connectivity index (χ2n) is 7.32. The standard InChI is InChI=1S/C19H39NO9/c1-2-3-4-5-6-7-8-9-10-11-12-20-19(26)18(25)17(24)16(23)15(22)14(21)13-28-29-27/h14-18,21-25,27H,2-13H2,1H3,(H,20,26)/t14-,15-,16+,17-,18-/m1/s1. The number of nitrogens with one attached hydrogen (secondary N) is 1. The van der Waals surface area contributed by atoms with Crippen LogP contribution in [0.25, 0.3) is 0 Å². The van der Waals surface area contributed by atoms with Crippen molar-refractivity contribution in [3.63, 3.8) is 0 Å². The van der Waals surface area contributed by atoms with Gasteiger partial charge in [-0.3, -0.25) is 4.79 Å². The van der Waals surface area contributed by atoms with Crippen LogP contribution in [0.5, 0.6) is 0 Å². The van der Waals surface area contributed by atoms with Crippen LogP contribution in [0.1, 0.15) is 71.1 Å². The summed E-state index contributed by atoms with van der Waals surface area (Å²) in [5.74, 6) is -0.885. The average Bonchev–Trinajstić information content (AvgIpc) is 2.73. The molecule has 0 saturated carbocycles. The molecule has 0 radical (unpaired) electrons. The lowest BCUT2D eigenvalue weighted by molar-refractivity contribution is -0.495. The molecule has 10 nitrogen and oxygen atoms in total. The average molecular weight is 426 g/mol. The molecule has 0 aliphatic heterocycles. The van der Waals surface area contributed by atoms with Crippen LogP contribution in [-0.4, -0.2) is 80.4 Å². The molecule has 0 unspecified atom stereocenters. The molecular weight excluding hydrogens is 386 g/mol. The van der Waals surface area contributed by atoms with E-state index in [9.17, 15) is 30.3 Å². The summed E-state index contributed by atoms with van der Waals surface area (Å²) >= 11 is 0. The van der Waals surface area contributed by atoms with E-state index in [-0.39, 0.29) is 0 Å². The number of rotatable bonds is 19. The third kappa shape index (κ3) is 13.1. The smallest absolute Gasteiger partial charge is 0.251 e. The summed E-state index contributed by atoms with van der Waals surface area (Å²) in [6.45, 7) is 1.81. The molecule has 0 aromatic carbocycles. The summed E-state index contributed by atoms with van der Waals surface area (Å²) in [4.78, 5) is 15.8. The first-order valence-corrected chi connectivity index (χ1v) is 10.5. The second kappa shape index (κ2) is 18.0. The summed E-state index contributed by atoms with van der Waals surface area (Å²) in [5.41, 5.74) is 0. The van der Waals surface area contributed by atoms with Crippen molar-refractivity contribution in [2.24, 2.45) is 0 Å². The third-order valence-electron chi connectivity index (χ3n) is 4.81. The fraction of sp³-hybridized carbons (Fsp3) is 0.947. The summed E-state index contributed by atoms with van der Waals surface area (Å²) in [7, 11) is 0. The van der Waals surface area contributed by atoms with Gasteiger partial charge >= 0.3 is 0 Å². The highest BCUT2D eigenvalue weighted by Gasteiger charge is 2.37. The number of carbonyl (C=O) groups is 1. The van der Waals surface area contributed by atoms with Gasteiger partial charge in [0.2, 0.25) is 0 Å². The predicted octanol–water partition coefficient (Wildman–Crippen LogP) is 0.249. The third-order valence-corrected chi connectivity index (χ3v) is 4.81. The molecule has 0 saturated heterocycles. The first-order valence-electron chi connectivity index (χ1n) is 10.5. The summed E-state index contributed by atoms with van der Waals surface area (Å²) in [6, 6.07) is 0. The van der Waals surface area contributed by atoms with E-state index in [4.69, 9.17) is 5.26 Å². The molecule has 0 aromatic heterocycles. The van der Waals surface area contributed by atoms with Crippen molar-refractivity contribution >= 4 is 5.91 Å². The van der Waals surface area contributed by atoms with E-state index in [0.29, 0.717) is 6.54 Å². The summed E-state index contributed by atoms with van der Waals surface area (Å²) in [6.07, 6.45) is 1.77. The maximum Gasteiger partial charge on any atom is 0.251 e. The van der Waals surface area contributed by atoms with Crippen LogP contribution in [0, 0.1) is 0 Å². The van der Waals surface area contributed by atoms with Crippen molar-refractivity contribution in [3.05, 3.63) is 0 Å². The Bertz CT molecular complexity index is 400. The monoisotopic (exact) mass is 425 g/mol. The molecule has 0 aliphatic rings. The minimum Gasteiger partial charge on any atom is -0.388 e. The number of amides is 1. The topological polar surface area (TPSA) is 169 Å². The number of unbranched alkanes of at least 4 members (excludes halogenated alkanes) is 9. The first-order chi connectivity index (χ1) is 13.9. The SMILES string of the molecule is CCCCCCCCCCCCNC(=O)[C@H](O)[C@H](O)[C@@H](O)[C@H](O)[C@H](O)COOO. The van der Waals surface area contributed by atoms with E-state index >= 15 is 0 Å². The lowest BCUT2D eigenvalue weighted by Crippen LogP contribution is -2.54.